The third-order valence-electron chi connectivity index (χ3n) is 9.32. The van der Waals surface area contributed by atoms with Gasteiger partial charge in [0.2, 0.25) is 0 Å². The molecule has 45 heavy (non-hydrogen) atoms. The molecule has 0 atom stereocenters. The first-order chi connectivity index (χ1) is 23.3. The summed E-state index contributed by atoms with van der Waals surface area (Å²) in [5.41, 5.74) is 9.26. The molecule has 0 aliphatic carbocycles. The van der Waals surface area contributed by atoms with Crippen LogP contribution in [0.5, 0.6) is 0 Å². The Hall–Kier alpha value is -5.66. The predicted octanol–water partition coefficient (Wildman–Crippen LogP) is 12.2. The molecule has 0 bridgehead atoms. The first-order valence-electron chi connectivity index (χ1n) is 16.9. The molecule has 0 N–H and O–H groups in total. The Labute approximate surface area is 266 Å². The Bertz CT molecular complexity index is 2680. The minimum absolute atomic E-state index is 0.360. The van der Waals surface area contributed by atoms with E-state index in [9.17, 15) is 0 Å². The maximum absolute atomic E-state index is 7.97. The van der Waals surface area contributed by atoms with Crippen LogP contribution in [0.3, 0.4) is 0 Å². The van der Waals surface area contributed by atoms with Gasteiger partial charge in [-0.15, -0.1) is 0 Å². The van der Waals surface area contributed by atoms with Gasteiger partial charge in [-0.05, 0) is 117 Å². The van der Waals surface area contributed by atoms with Gasteiger partial charge in [-0.1, -0.05) is 114 Å². The van der Waals surface area contributed by atoms with E-state index in [1.165, 1.54) is 43.4 Å². The molecule has 0 saturated heterocycles. The summed E-state index contributed by atoms with van der Waals surface area (Å²) in [7, 11) is 0. The Morgan fingerprint density at radius 3 is 1.53 bits per heavy atom. The van der Waals surface area contributed by atoms with E-state index in [1.807, 2.05) is 12.1 Å². The van der Waals surface area contributed by atoms with Crippen LogP contribution in [0.2, 0.25) is 0 Å². The SMILES string of the molecule is [2H]C([2H])([2H])c1ccc2c(c1)c1cc(C)ccc1n2-c1ccc(-c2cccc(-c3ccc4c5ccccc5c5ccccc5c4c3)c2)cc1. The molecule has 0 amide bonds. The number of benzene rings is 8. The number of rotatable bonds is 3. The van der Waals surface area contributed by atoms with Gasteiger partial charge in [0.05, 0.1) is 11.0 Å². The molecule has 1 nitrogen and oxygen atoms in total. The highest BCUT2D eigenvalue weighted by Crippen LogP contribution is 2.38. The van der Waals surface area contributed by atoms with Gasteiger partial charge >= 0.3 is 0 Å². The molecule has 8 aromatic carbocycles. The van der Waals surface area contributed by atoms with Crippen LogP contribution in [0.15, 0.2) is 152 Å². The van der Waals surface area contributed by atoms with Crippen molar-refractivity contribution in [2.45, 2.75) is 13.8 Å². The molecular formula is C44H31N. The zero-order chi connectivity index (χ0) is 32.6. The lowest BCUT2D eigenvalue weighted by molar-refractivity contribution is 1.18. The highest BCUT2D eigenvalue weighted by molar-refractivity contribution is 6.25. The van der Waals surface area contributed by atoms with E-state index in [0.717, 1.165) is 44.2 Å². The average Bonchev–Trinajstić information content (AvgIpc) is 3.44. The van der Waals surface area contributed by atoms with Crippen LogP contribution in [-0.2, 0) is 0 Å². The van der Waals surface area contributed by atoms with Crippen molar-refractivity contribution in [2.24, 2.45) is 0 Å². The van der Waals surface area contributed by atoms with Gasteiger partial charge in [0.1, 0.15) is 0 Å². The first kappa shape index (κ1) is 22.8. The van der Waals surface area contributed by atoms with Crippen molar-refractivity contribution >= 4 is 54.1 Å². The molecule has 1 aromatic heterocycles. The maximum Gasteiger partial charge on any atom is 0.0541 e. The standard InChI is InChI=1S/C44H31N/c1-28-14-22-43-41(24-28)42-25-29(2)15-23-44(42)45(43)34-19-16-30(17-20-34)31-8-7-9-32(26-31)33-18-21-39-37-12-4-3-10-35(37)36-11-5-6-13-38(36)40(39)27-33/h3-27H,1-2H3/i1D3. The van der Waals surface area contributed by atoms with Crippen LogP contribution in [0.1, 0.15) is 15.2 Å². The van der Waals surface area contributed by atoms with Crippen molar-refractivity contribution in [2.75, 3.05) is 0 Å². The van der Waals surface area contributed by atoms with Crippen molar-refractivity contribution < 1.29 is 4.11 Å². The summed E-state index contributed by atoms with van der Waals surface area (Å²) < 4.78 is 26.1. The van der Waals surface area contributed by atoms with Crippen molar-refractivity contribution in [1.29, 1.82) is 0 Å². The second-order valence-corrected chi connectivity index (χ2v) is 12.1. The van der Waals surface area contributed by atoms with Crippen LogP contribution in [0.4, 0.5) is 0 Å². The third-order valence-corrected chi connectivity index (χ3v) is 9.32. The zero-order valence-corrected chi connectivity index (χ0v) is 24.9. The number of nitrogens with zero attached hydrogens (tertiary/aromatic N) is 1. The Morgan fingerprint density at radius 2 is 0.889 bits per heavy atom. The van der Waals surface area contributed by atoms with Gasteiger partial charge in [0, 0.05) is 20.6 Å². The first-order valence-corrected chi connectivity index (χ1v) is 15.4. The van der Waals surface area contributed by atoms with E-state index in [2.05, 4.69) is 145 Å². The number of fused-ring (bicyclic) bond motifs is 9. The third kappa shape index (κ3) is 4.08. The van der Waals surface area contributed by atoms with Crippen LogP contribution in [0, 0.1) is 13.8 Å². The second-order valence-electron chi connectivity index (χ2n) is 12.1. The summed E-state index contributed by atoms with van der Waals surface area (Å²) in [5, 5.41) is 9.67. The normalized spacial score (nSPS) is 13.0. The van der Waals surface area contributed by atoms with Gasteiger partial charge in [0.25, 0.3) is 0 Å². The van der Waals surface area contributed by atoms with Crippen LogP contribution >= 0.6 is 0 Å². The Kier molecular flexibility index (Phi) is 5.04. The Balaban J connectivity index is 1.13. The van der Waals surface area contributed by atoms with Gasteiger partial charge in [-0.25, -0.2) is 0 Å². The summed E-state index contributed by atoms with van der Waals surface area (Å²) in [4.78, 5) is 0. The molecule has 9 aromatic rings. The summed E-state index contributed by atoms with van der Waals surface area (Å²) in [6.45, 7) is -0.0845. The topological polar surface area (TPSA) is 4.93 Å². The second kappa shape index (κ2) is 9.94. The van der Waals surface area contributed by atoms with Gasteiger partial charge in [-0.3, -0.25) is 0 Å². The molecule has 0 aliphatic rings. The van der Waals surface area contributed by atoms with E-state index < -0.39 is 6.85 Å². The highest BCUT2D eigenvalue weighted by atomic mass is 15.0. The molecule has 0 radical (unpaired) electrons. The van der Waals surface area contributed by atoms with Crippen molar-refractivity contribution in [3.8, 4) is 27.9 Å². The summed E-state index contributed by atoms with van der Waals surface area (Å²) >= 11 is 0. The lowest BCUT2D eigenvalue weighted by atomic mass is 9.91. The molecule has 0 aliphatic heterocycles. The van der Waals surface area contributed by atoms with Gasteiger partial charge < -0.3 is 4.57 Å². The van der Waals surface area contributed by atoms with Gasteiger partial charge in [0.15, 0.2) is 0 Å². The summed E-state index contributed by atoms with van der Waals surface area (Å²) in [5.74, 6) is 0. The van der Waals surface area contributed by atoms with E-state index in [1.54, 1.807) is 6.07 Å². The summed E-state index contributed by atoms with van der Waals surface area (Å²) in [6, 6.07) is 53.6. The number of aromatic nitrogens is 1. The summed E-state index contributed by atoms with van der Waals surface area (Å²) in [6.07, 6.45) is 0. The molecule has 212 valence electrons. The minimum atomic E-state index is -2.16. The van der Waals surface area contributed by atoms with Gasteiger partial charge in [-0.2, -0.15) is 0 Å². The Morgan fingerprint density at radius 1 is 0.378 bits per heavy atom. The molecule has 0 fully saturated rings. The minimum Gasteiger partial charge on any atom is -0.309 e. The molecule has 0 saturated carbocycles. The van der Waals surface area contributed by atoms with Crippen molar-refractivity contribution in [3.63, 3.8) is 0 Å². The molecule has 1 heterocycles. The predicted molar refractivity (Wildman–Crippen MR) is 194 cm³/mol. The van der Waals surface area contributed by atoms with E-state index in [-0.39, 0.29) is 0 Å². The smallest absolute Gasteiger partial charge is 0.0541 e. The van der Waals surface area contributed by atoms with Crippen LogP contribution in [0.25, 0.3) is 82.1 Å². The maximum atomic E-state index is 7.97. The zero-order valence-electron chi connectivity index (χ0n) is 27.9. The fourth-order valence-corrected chi connectivity index (χ4v) is 7.18. The molecule has 9 rings (SSSR count). The fraction of sp³-hybridized carbons (Fsp3) is 0.0455. The molecule has 0 unspecified atom stereocenters. The van der Waals surface area contributed by atoms with Crippen LogP contribution in [-0.4, -0.2) is 4.57 Å². The van der Waals surface area contributed by atoms with E-state index in [4.69, 9.17) is 4.11 Å². The van der Waals surface area contributed by atoms with Crippen molar-refractivity contribution in [1.82, 2.24) is 4.57 Å². The molecule has 1 heteroatoms. The lowest BCUT2D eigenvalue weighted by Gasteiger charge is -2.13. The number of hydrogen-bond acceptors (Lipinski definition) is 0. The molecular weight excluding hydrogens is 542 g/mol. The van der Waals surface area contributed by atoms with Crippen LogP contribution < -0.4 is 0 Å². The molecule has 0 spiro atoms. The van der Waals surface area contributed by atoms with E-state index in [0.29, 0.717) is 5.56 Å². The highest BCUT2D eigenvalue weighted by Gasteiger charge is 2.14. The van der Waals surface area contributed by atoms with Crippen molar-refractivity contribution in [3.05, 3.63) is 163 Å². The quantitative estimate of drug-likeness (QED) is 0.184. The number of aryl methyl sites for hydroxylation is 2. The largest absolute Gasteiger partial charge is 0.309 e. The monoisotopic (exact) mass is 576 g/mol. The number of hydrogen-bond donors (Lipinski definition) is 0. The lowest BCUT2D eigenvalue weighted by Crippen LogP contribution is -1.94. The van der Waals surface area contributed by atoms with E-state index >= 15 is 0 Å². The average molecular weight is 577 g/mol. The fourth-order valence-electron chi connectivity index (χ4n) is 7.18.